The van der Waals surface area contributed by atoms with Gasteiger partial charge in [0.2, 0.25) is 5.91 Å². The molecule has 0 radical (unpaired) electrons. The van der Waals surface area contributed by atoms with E-state index in [4.69, 9.17) is 0 Å². The Hall–Kier alpha value is -0.570. The highest BCUT2D eigenvalue weighted by Gasteiger charge is 2.13. The zero-order valence-corrected chi connectivity index (χ0v) is 9.35. The maximum Gasteiger partial charge on any atom is 0.217 e. The summed E-state index contributed by atoms with van der Waals surface area (Å²) < 4.78 is 0. The Morgan fingerprint density at radius 1 is 1.23 bits per heavy atom. The van der Waals surface area contributed by atoms with Crippen LogP contribution in [0.15, 0.2) is 0 Å². The Morgan fingerprint density at radius 2 is 1.77 bits per heavy atom. The van der Waals surface area contributed by atoms with Crippen molar-refractivity contribution < 1.29 is 4.79 Å². The van der Waals surface area contributed by atoms with Crippen LogP contribution in [0.4, 0.5) is 0 Å². The average Bonchev–Trinajstić information content (AvgIpc) is 1.96. The molecule has 0 aromatic rings. The van der Waals surface area contributed by atoms with Crippen molar-refractivity contribution in [2.75, 3.05) is 6.54 Å². The first-order valence-corrected chi connectivity index (χ1v) is 4.94. The molecule has 0 aliphatic heterocycles. The minimum atomic E-state index is 0.0456. The molecule has 0 spiro atoms. The second-order valence-corrected chi connectivity index (χ2v) is 4.11. The zero-order valence-electron chi connectivity index (χ0n) is 9.35. The van der Waals surface area contributed by atoms with Gasteiger partial charge in [-0.2, -0.15) is 0 Å². The smallest absolute Gasteiger partial charge is 0.217 e. The Morgan fingerprint density at radius 3 is 2.08 bits per heavy atom. The molecule has 78 valence electrons. The first kappa shape index (κ1) is 12.4. The maximum atomic E-state index is 10.9. The fraction of sp³-hybridized carbons (Fsp3) is 0.900. The van der Waals surface area contributed by atoms with Gasteiger partial charge in [-0.3, -0.25) is 4.79 Å². The molecule has 3 heteroatoms. The van der Waals surface area contributed by atoms with Gasteiger partial charge in [0.25, 0.3) is 0 Å². The van der Waals surface area contributed by atoms with Gasteiger partial charge >= 0.3 is 0 Å². The van der Waals surface area contributed by atoms with E-state index in [1.165, 1.54) is 0 Å². The molecule has 0 saturated carbocycles. The van der Waals surface area contributed by atoms with Crippen LogP contribution in [-0.4, -0.2) is 24.5 Å². The Bertz CT molecular complexity index is 155. The highest BCUT2D eigenvalue weighted by Crippen LogP contribution is 2.00. The second-order valence-electron chi connectivity index (χ2n) is 4.11. The second kappa shape index (κ2) is 5.97. The molecule has 2 N–H and O–H groups in total. The molecule has 3 nitrogen and oxygen atoms in total. The molecule has 0 aliphatic rings. The molecule has 0 heterocycles. The van der Waals surface area contributed by atoms with Gasteiger partial charge in [0.15, 0.2) is 0 Å². The first-order chi connectivity index (χ1) is 5.93. The summed E-state index contributed by atoms with van der Waals surface area (Å²) in [4.78, 5) is 10.9. The fourth-order valence-corrected chi connectivity index (χ4v) is 1.08. The lowest BCUT2D eigenvalue weighted by molar-refractivity contribution is -0.119. The van der Waals surface area contributed by atoms with Gasteiger partial charge in [-0.15, -0.1) is 0 Å². The van der Waals surface area contributed by atoms with E-state index in [9.17, 15) is 4.79 Å². The summed E-state index contributed by atoms with van der Waals surface area (Å²) in [6.07, 6.45) is 0. The third-order valence-electron chi connectivity index (χ3n) is 1.94. The maximum absolute atomic E-state index is 10.9. The molecular weight excluding hydrogens is 164 g/mol. The molecule has 1 atom stereocenters. The van der Waals surface area contributed by atoms with Gasteiger partial charge in [-0.1, -0.05) is 27.7 Å². The van der Waals surface area contributed by atoms with E-state index in [1.807, 2.05) is 0 Å². The minimum Gasteiger partial charge on any atom is -0.352 e. The van der Waals surface area contributed by atoms with Crippen LogP contribution in [0.1, 0.15) is 34.6 Å². The quantitative estimate of drug-likeness (QED) is 0.676. The normalized spacial score (nSPS) is 13.5. The topological polar surface area (TPSA) is 41.1 Å². The van der Waals surface area contributed by atoms with E-state index >= 15 is 0 Å². The third kappa shape index (κ3) is 6.58. The summed E-state index contributed by atoms with van der Waals surface area (Å²) in [6, 6.07) is 0.704. The Labute approximate surface area is 81.3 Å². The number of carbonyl (C=O) groups is 1. The van der Waals surface area contributed by atoms with Gasteiger partial charge in [0.1, 0.15) is 0 Å². The molecule has 0 aliphatic carbocycles. The van der Waals surface area contributed by atoms with Gasteiger partial charge < -0.3 is 10.6 Å². The number of rotatable bonds is 5. The largest absolute Gasteiger partial charge is 0.352 e. The Balaban J connectivity index is 3.88. The van der Waals surface area contributed by atoms with Crippen LogP contribution in [0.3, 0.4) is 0 Å². The molecule has 13 heavy (non-hydrogen) atoms. The van der Waals surface area contributed by atoms with Crippen molar-refractivity contribution in [3.05, 3.63) is 0 Å². The van der Waals surface area contributed by atoms with Crippen LogP contribution >= 0.6 is 0 Å². The lowest BCUT2D eigenvalue weighted by Gasteiger charge is -2.23. The average molecular weight is 186 g/mol. The van der Waals surface area contributed by atoms with E-state index in [0.717, 1.165) is 6.54 Å². The van der Waals surface area contributed by atoms with Crippen molar-refractivity contribution >= 4 is 5.91 Å². The van der Waals surface area contributed by atoms with Crippen LogP contribution in [0.2, 0.25) is 0 Å². The van der Waals surface area contributed by atoms with Gasteiger partial charge in [-0.25, -0.2) is 0 Å². The van der Waals surface area contributed by atoms with Crippen molar-refractivity contribution in [2.45, 2.75) is 46.7 Å². The summed E-state index contributed by atoms with van der Waals surface area (Å²) in [7, 11) is 0. The molecule has 1 unspecified atom stereocenters. The fourth-order valence-electron chi connectivity index (χ4n) is 1.08. The number of nitrogens with one attached hydrogen (secondary N) is 2. The zero-order chi connectivity index (χ0) is 10.4. The van der Waals surface area contributed by atoms with Crippen LogP contribution in [0, 0.1) is 5.92 Å². The number of hydrogen-bond acceptors (Lipinski definition) is 2. The van der Waals surface area contributed by atoms with E-state index in [0.29, 0.717) is 12.0 Å². The summed E-state index contributed by atoms with van der Waals surface area (Å²) in [5.41, 5.74) is 0. The standard InChI is InChI=1S/C10H22N2O/c1-7(2)10(12-9(5)13)6-11-8(3)4/h7-8,10-11H,6H2,1-5H3,(H,12,13). The minimum absolute atomic E-state index is 0.0456. The van der Waals surface area contributed by atoms with Gasteiger partial charge in [0, 0.05) is 25.6 Å². The molecule has 0 saturated heterocycles. The molecule has 0 rings (SSSR count). The first-order valence-electron chi connectivity index (χ1n) is 4.94. The van der Waals surface area contributed by atoms with Crippen molar-refractivity contribution in [1.82, 2.24) is 10.6 Å². The summed E-state index contributed by atoms with van der Waals surface area (Å²) in [6.45, 7) is 10.8. The highest BCUT2D eigenvalue weighted by atomic mass is 16.1. The van der Waals surface area contributed by atoms with Crippen LogP contribution in [0.5, 0.6) is 0 Å². The van der Waals surface area contributed by atoms with E-state index in [-0.39, 0.29) is 11.9 Å². The lowest BCUT2D eigenvalue weighted by Crippen LogP contribution is -2.45. The van der Waals surface area contributed by atoms with Crippen molar-refractivity contribution in [3.8, 4) is 0 Å². The molecular formula is C10H22N2O. The summed E-state index contributed by atoms with van der Waals surface area (Å²) >= 11 is 0. The van der Waals surface area contributed by atoms with E-state index in [1.54, 1.807) is 6.92 Å². The van der Waals surface area contributed by atoms with Crippen molar-refractivity contribution in [1.29, 1.82) is 0 Å². The summed E-state index contributed by atoms with van der Waals surface area (Å²) in [5.74, 6) is 0.513. The van der Waals surface area contributed by atoms with E-state index in [2.05, 4.69) is 38.3 Å². The van der Waals surface area contributed by atoms with Crippen LogP contribution in [-0.2, 0) is 4.79 Å². The highest BCUT2D eigenvalue weighted by molar-refractivity contribution is 5.73. The molecule has 0 bridgehead atoms. The molecule has 0 aromatic carbocycles. The lowest BCUT2D eigenvalue weighted by atomic mass is 10.0. The molecule has 0 aromatic heterocycles. The third-order valence-corrected chi connectivity index (χ3v) is 1.94. The predicted molar refractivity (Wildman–Crippen MR) is 55.6 cm³/mol. The number of amides is 1. The van der Waals surface area contributed by atoms with Crippen molar-refractivity contribution in [3.63, 3.8) is 0 Å². The monoisotopic (exact) mass is 186 g/mol. The molecule has 1 amide bonds. The van der Waals surface area contributed by atoms with Crippen molar-refractivity contribution in [2.24, 2.45) is 5.92 Å². The molecule has 0 fully saturated rings. The summed E-state index contributed by atoms with van der Waals surface area (Å²) in [5, 5.41) is 6.25. The van der Waals surface area contributed by atoms with Crippen LogP contribution < -0.4 is 10.6 Å². The van der Waals surface area contributed by atoms with Crippen LogP contribution in [0.25, 0.3) is 0 Å². The number of carbonyl (C=O) groups excluding carboxylic acids is 1. The predicted octanol–water partition coefficient (Wildman–Crippen LogP) is 1.15. The van der Waals surface area contributed by atoms with E-state index < -0.39 is 0 Å². The van der Waals surface area contributed by atoms with Gasteiger partial charge in [-0.05, 0) is 5.92 Å². The van der Waals surface area contributed by atoms with Gasteiger partial charge in [0.05, 0.1) is 0 Å². The number of hydrogen-bond donors (Lipinski definition) is 2. The Kier molecular flexibility index (Phi) is 5.71. The SMILES string of the molecule is CC(=O)NC(CNC(C)C)C(C)C.